The van der Waals surface area contributed by atoms with Crippen LogP contribution in [-0.4, -0.2) is 76.4 Å². The van der Waals surface area contributed by atoms with E-state index in [4.69, 9.17) is 19.4 Å². The number of benzene rings is 2. The molecule has 0 spiro atoms. The van der Waals surface area contributed by atoms with Crippen LogP contribution in [0.4, 0.5) is 0 Å². The first-order chi connectivity index (χ1) is 19.2. The van der Waals surface area contributed by atoms with Gasteiger partial charge in [-0.2, -0.15) is 4.80 Å². The number of ether oxygens (including phenoxy) is 2. The minimum atomic E-state index is -0.833. The maximum Gasteiger partial charge on any atom is 0.300 e. The first-order valence-corrected chi connectivity index (χ1v) is 12.7. The van der Waals surface area contributed by atoms with E-state index in [2.05, 4.69) is 27.3 Å². The largest absolute Gasteiger partial charge is 0.497 e. The number of amides is 1. The number of aromatic nitrogens is 4. The van der Waals surface area contributed by atoms with Crippen molar-refractivity contribution in [3.05, 3.63) is 78.0 Å². The molecule has 0 saturated heterocycles. The van der Waals surface area contributed by atoms with E-state index >= 15 is 0 Å². The molecule has 216 valence electrons. The van der Waals surface area contributed by atoms with E-state index in [1.165, 1.54) is 11.9 Å². The number of nitrogens with one attached hydrogen (secondary N) is 1. The molecule has 1 aromatic heterocycles. The predicted molar refractivity (Wildman–Crippen MR) is 155 cm³/mol. The van der Waals surface area contributed by atoms with Crippen molar-refractivity contribution in [1.29, 1.82) is 0 Å². The maximum atomic E-state index is 13.0. The van der Waals surface area contributed by atoms with Crippen molar-refractivity contribution in [3.63, 3.8) is 0 Å². The smallest absolute Gasteiger partial charge is 0.300 e. The van der Waals surface area contributed by atoms with Crippen molar-refractivity contribution in [2.24, 2.45) is 0 Å². The summed E-state index contributed by atoms with van der Waals surface area (Å²) in [6.45, 7) is 12.3. The summed E-state index contributed by atoms with van der Waals surface area (Å²) in [5, 5.41) is 23.2. The first-order valence-electron chi connectivity index (χ1n) is 12.7. The maximum absolute atomic E-state index is 13.0. The third-order valence-electron chi connectivity index (χ3n) is 5.29. The number of carbonyl (C=O) groups is 2. The van der Waals surface area contributed by atoms with Gasteiger partial charge in [-0.05, 0) is 59.8 Å². The Hall–Kier alpha value is -4.67. The molecule has 0 aliphatic carbocycles. The predicted octanol–water partition coefficient (Wildman–Crippen LogP) is 4.27. The first kappa shape index (κ1) is 33.4. The Balaban J connectivity index is 0.00000122. The molecule has 3 rings (SSSR count). The zero-order valence-corrected chi connectivity index (χ0v) is 24.3. The molecule has 0 radical (unpaired) electrons. The van der Waals surface area contributed by atoms with Gasteiger partial charge in [0.1, 0.15) is 11.5 Å². The van der Waals surface area contributed by atoms with Crippen LogP contribution < -0.4 is 14.8 Å². The number of carboxylic acids is 1. The van der Waals surface area contributed by atoms with Crippen molar-refractivity contribution < 1.29 is 24.2 Å². The normalized spacial score (nSPS) is 10.2. The Bertz CT molecular complexity index is 1250. The molecule has 0 unspecified atom stereocenters. The summed E-state index contributed by atoms with van der Waals surface area (Å²) in [7, 11) is 5.09. The highest BCUT2D eigenvalue weighted by Crippen LogP contribution is 2.24. The van der Waals surface area contributed by atoms with Gasteiger partial charge < -0.3 is 24.8 Å². The molecule has 40 heavy (non-hydrogen) atoms. The van der Waals surface area contributed by atoms with Crippen LogP contribution in [0.1, 0.15) is 43.6 Å². The number of nitrogens with zero attached hydrogens (tertiary/aromatic N) is 5. The third kappa shape index (κ3) is 11.0. The minimum Gasteiger partial charge on any atom is -0.497 e. The molecule has 0 saturated carbocycles. The summed E-state index contributed by atoms with van der Waals surface area (Å²) in [4.78, 5) is 25.4. The number of hydrogen-bond donors (Lipinski definition) is 2. The molecule has 1 amide bonds. The topological polar surface area (TPSA) is 132 Å². The lowest BCUT2D eigenvalue weighted by Gasteiger charge is -2.17. The van der Waals surface area contributed by atoms with Gasteiger partial charge in [-0.25, -0.2) is 0 Å². The second kappa shape index (κ2) is 17.8. The molecule has 11 heteroatoms. The Morgan fingerprint density at radius 2 is 1.77 bits per heavy atom. The zero-order chi connectivity index (χ0) is 30.1. The number of likely N-dealkylation sites (N-methyl/N-ethyl adjacent to an activating group) is 1. The van der Waals surface area contributed by atoms with Crippen LogP contribution in [0.15, 0.2) is 66.9 Å². The SMILES string of the molecule is C=CN(C)C/C(=C\C)CNC(=O)c1cc(-c2nnn(Cc3ccc(OC)cc3)n2)ccc1OC.CC.CC(=O)O. The van der Waals surface area contributed by atoms with E-state index in [-0.39, 0.29) is 5.91 Å². The van der Waals surface area contributed by atoms with Gasteiger partial charge in [0.2, 0.25) is 5.82 Å². The average molecular weight is 553 g/mol. The van der Waals surface area contributed by atoms with E-state index < -0.39 is 5.97 Å². The minimum absolute atomic E-state index is 0.245. The number of hydrogen-bond acceptors (Lipinski definition) is 8. The fourth-order valence-corrected chi connectivity index (χ4v) is 3.27. The highest BCUT2D eigenvalue weighted by molar-refractivity contribution is 5.98. The van der Waals surface area contributed by atoms with Gasteiger partial charge in [0, 0.05) is 32.6 Å². The lowest BCUT2D eigenvalue weighted by Crippen LogP contribution is -2.29. The molecule has 0 fully saturated rings. The molecule has 2 N–H and O–H groups in total. The second-order valence-corrected chi connectivity index (χ2v) is 8.15. The van der Waals surface area contributed by atoms with Crippen LogP contribution in [0.25, 0.3) is 11.4 Å². The average Bonchev–Trinajstić information content (AvgIpc) is 3.44. The third-order valence-corrected chi connectivity index (χ3v) is 5.29. The van der Waals surface area contributed by atoms with Crippen LogP contribution in [0.2, 0.25) is 0 Å². The fourth-order valence-electron chi connectivity index (χ4n) is 3.27. The van der Waals surface area contributed by atoms with Crippen LogP contribution in [0.5, 0.6) is 11.5 Å². The Morgan fingerprint density at radius 1 is 1.12 bits per heavy atom. The Kier molecular flexibility index (Phi) is 14.8. The van der Waals surface area contributed by atoms with Gasteiger partial charge in [0.15, 0.2) is 0 Å². The van der Waals surface area contributed by atoms with Crippen LogP contribution >= 0.6 is 0 Å². The zero-order valence-electron chi connectivity index (χ0n) is 24.3. The van der Waals surface area contributed by atoms with E-state index in [9.17, 15) is 4.79 Å². The number of methoxy groups -OCH3 is 2. The van der Waals surface area contributed by atoms with Gasteiger partial charge in [0.05, 0.1) is 26.3 Å². The molecule has 0 aliphatic heterocycles. The van der Waals surface area contributed by atoms with Crippen molar-refractivity contribution in [3.8, 4) is 22.9 Å². The second-order valence-electron chi connectivity index (χ2n) is 8.15. The van der Waals surface area contributed by atoms with Crippen LogP contribution in [0, 0.1) is 0 Å². The lowest BCUT2D eigenvalue weighted by atomic mass is 10.1. The van der Waals surface area contributed by atoms with Crippen LogP contribution in [0.3, 0.4) is 0 Å². The summed E-state index contributed by atoms with van der Waals surface area (Å²) in [6, 6.07) is 12.9. The Morgan fingerprint density at radius 3 is 2.33 bits per heavy atom. The van der Waals surface area contributed by atoms with Crippen molar-refractivity contribution in [2.75, 3.05) is 34.4 Å². The summed E-state index contributed by atoms with van der Waals surface area (Å²) >= 11 is 0. The highest BCUT2D eigenvalue weighted by atomic mass is 16.5. The van der Waals surface area contributed by atoms with Crippen molar-refractivity contribution >= 4 is 11.9 Å². The number of allylic oxidation sites excluding steroid dienone is 1. The Labute approximate surface area is 236 Å². The molecular weight excluding hydrogens is 512 g/mol. The molecule has 0 aliphatic rings. The van der Waals surface area contributed by atoms with Crippen LogP contribution in [-0.2, 0) is 11.3 Å². The molecule has 3 aromatic rings. The quantitative estimate of drug-likeness (QED) is 0.335. The molecule has 1 heterocycles. The lowest BCUT2D eigenvalue weighted by molar-refractivity contribution is -0.134. The number of rotatable bonds is 11. The number of tetrazole rings is 1. The van der Waals surface area contributed by atoms with Gasteiger partial charge in [-0.1, -0.05) is 38.6 Å². The fraction of sp³-hybridized carbons (Fsp3) is 0.345. The van der Waals surface area contributed by atoms with E-state index in [1.54, 1.807) is 31.5 Å². The van der Waals surface area contributed by atoms with Gasteiger partial charge >= 0.3 is 0 Å². The molecule has 0 bridgehead atoms. The van der Waals surface area contributed by atoms with Crippen molar-refractivity contribution in [2.45, 2.75) is 34.2 Å². The number of aliphatic carboxylic acids is 1. The van der Waals surface area contributed by atoms with E-state index in [1.807, 2.05) is 63.1 Å². The van der Waals surface area contributed by atoms with Crippen molar-refractivity contribution in [1.82, 2.24) is 30.4 Å². The monoisotopic (exact) mass is 552 g/mol. The summed E-state index contributed by atoms with van der Waals surface area (Å²) < 4.78 is 10.6. The summed E-state index contributed by atoms with van der Waals surface area (Å²) in [6.07, 6.45) is 3.73. The van der Waals surface area contributed by atoms with Gasteiger partial charge in [-0.15, -0.1) is 10.2 Å². The summed E-state index contributed by atoms with van der Waals surface area (Å²) in [5.74, 6) is 0.600. The van der Waals surface area contributed by atoms with E-state index in [0.717, 1.165) is 23.8 Å². The van der Waals surface area contributed by atoms with E-state index in [0.29, 0.717) is 42.3 Å². The van der Waals surface area contributed by atoms with Gasteiger partial charge in [-0.3, -0.25) is 9.59 Å². The molecule has 0 atom stereocenters. The molecular formula is C29H40N6O5. The number of carboxylic acid groups (broad SMARTS) is 1. The molecule has 2 aromatic carbocycles. The highest BCUT2D eigenvalue weighted by Gasteiger charge is 2.16. The van der Waals surface area contributed by atoms with Gasteiger partial charge in [0.25, 0.3) is 11.9 Å². The number of carbonyl (C=O) groups excluding carboxylic acids is 1. The summed E-state index contributed by atoms with van der Waals surface area (Å²) in [5.41, 5.74) is 3.15. The standard InChI is InChI=1S/C25H30N6O3.C2H4O2.C2H6/c1-6-18(16-30(3)7-2)15-26-25(32)22-14-20(10-13-23(22)34-5)24-27-29-31(28-24)17-19-8-11-21(33-4)12-9-19;1-2(3)4;1-2/h6-14H,2,15-17H2,1,3-5H3,(H,26,32);1H3,(H,3,4);1-2H3/b18-6-;;. The molecule has 11 nitrogen and oxygen atoms in total.